The van der Waals surface area contributed by atoms with Crippen LogP contribution < -0.4 is 10.1 Å². The molecule has 0 bridgehead atoms. The predicted molar refractivity (Wildman–Crippen MR) is 81.1 cm³/mol. The van der Waals surface area contributed by atoms with E-state index in [-0.39, 0.29) is 0 Å². The van der Waals surface area contributed by atoms with Crippen LogP contribution in [0.15, 0.2) is 24.3 Å². The Bertz CT molecular complexity index is 382. The van der Waals surface area contributed by atoms with Crippen molar-refractivity contribution < 1.29 is 9.47 Å². The highest BCUT2D eigenvalue weighted by Gasteiger charge is 2.22. The molecule has 1 atom stereocenters. The monoisotopic (exact) mass is 281 g/mol. The van der Waals surface area contributed by atoms with Crippen molar-refractivity contribution in [2.45, 2.75) is 24.6 Å². The van der Waals surface area contributed by atoms with Gasteiger partial charge in [-0.25, -0.2) is 0 Å². The van der Waals surface area contributed by atoms with Crippen LogP contribution in [-0.2, 0) is 4.74 Å². The molecule has 3 nitrogen and oxygen atoms in total. The van der Waals surface area contributed by atoms with Crippen LogP contribution in [0.25, 0.3) is 0 Å². The molecule has 0 radical (unpaired) electrons. The van der Waals surface area contributed by atoms with Gasteiger partial charge in [-0.1, -0.05) is 25.1 Å². The number of benzene rings is 1. The zero-order valence-electron chi connectivity index (χ0n) is 11.7. The van der Waals surface area contributed by atoms with E-state index in [1.165, 1.54) is 5.56 Å². The van der Waals surface area contributed by atoms with Crippen molar-refractivity contribution in [3.8, 4) is 5.75 Å². The van der Waals surface area contributed by atoms with E-state index < -0.39 is 0 Å². The molecule has 2 rings (SSSR count). The first kappa shape index (κ1) is 14.7. The second kappa shape index (κ2) is 7.78. The third-order valence-corrected chi connectivity index (χ3v) is 4.53. The first-order valence-corrected chi connectivity index (χ1v) is 7.95. The number of ether oxygens (including phenoxy) is 2. The lowest BCUT2D eigenvalue weighted by atomic mass is 10.1. The van der Waals surface area contributed by atoms with E-state index in [0.717, 1.165) is 37.7 Å². The molecular weight excluding hydrogens is 258 g/mol. The van der Waals surface area contributed by atoms with E-state index >= 15 is 0 Å². The van der Waals surface area contributed by atoms with Crippen LogP contribution in [0.4, 0.5) is 0 Å². The quantitative estimate of drug-likeness (QED) is 0.794. The van der Waals surface area contributed by atoms with Gasteiger partial charge in [-0.05, 0) is 19.0 Å². The molecule has 1 aliphatic rings. The number of nitrogens with one attached hydrogen (secondary N) is 1. The first-order valence-electron chi connectivity index (χ1n) is 6.90. The molecule has 19 heavy (non-hydrogen) atoms. The van der Waals surface area contributed by atoms with Gasteiger partial charge in [0, 0.05) is 17.4 Å². The second-order valence-electron chi connectivity index (χ2n) is 4.74. The van der Waals surface area contributed by atoms with Crippen molar-refractivity contribution in [1.82, 2.24) is 5.32 Å². The van der Waals surface area contributed by atoms with Gasteiger partial charge in [0.1, 0.15) is 5.75 Å². The minimum absolute atomic E-state index is 0.349. The van der Waals surface area contributed by atoms with Crippen LogP contribution in [0.3, 0.4) is 0 Å². The van der Waals surface area contributed by atoms with Gasteiger partial charge in [0.05, 0.1) is 25.6 Å². The fourth-order valence-corrected chi connectivity index (χ4v) is 3.22. The third-order valence-electron chi connectivity index (χ3n) is 3.26. The van der Waals surface area contributed by atoms with Crippen molar-refractivity contribution in [3.63, 3.8) is 0 Å². The Morgan fingerprint density at radius 3 is 2.84 bits per heavy atom. The highest BCUT2D eigenvalue weighted by atomic mass is 32.2. The Hall–Kier alpha value is -0.710. The maximum atomic E-state index is 5.48. The van der Waals surface area contributed by atoms with Gasteiger partial charge in [0.25, 0.3) is 0 Å². The molecule has 1 saturated heterocycles. The van der Waals surface area contributed by atoms with Crippen molar-refractivity contribution >= 4 is 11.8 Å². The van der Waals surface area contributed by atoms with Crippen LogP contribution in [-0.4, -0.2) is 37.9 Å². The Morgan fingerprint density at radius 1 is 1.42 bits per heavy atom. The number of hydrogen-bond acceptors (Lipinski definition) is 4. The normalized spacial score (nSPS) is 16.9. The summed E-state index contributed by atoms with van der Waals surface area (Å²) in [6.07, 6.45) is 1.14. The Labute approximate surface area is 120 Å². The number of para-hydroxylation sites is 1. The SMILES string of the molecule is CCCNC(CSC1COC1)c1ccccc1OC. The summed E-state index contributed by atoms with van der Waals surface area (Å²) in [5.74, 6) is 2.04. The van der Waals surface area contributed by atoms with Gasteiger partial charge in [-0.2, -0.15) is 11.8 Å². The number of hydrogen-bond donors (Lipinski definition) is 1. The molecular formula is C15H23NO2S. The first-order chi connectivity index (χ1) is 9.35. The standard InChI is InChI=1S/C15H23NO2S/c1-3-8-16-14(11-19-12-9-18-10-12)13-6-4-5-7-15(13)17-2/h4-7,12,14,16H,3,8-11H2,1-2H3. The molecule has 1 aromatic rings. The number of thioether (sulfide) groups is 1. The predicted octanol–water partition coefficient (Wildman–Crippen LogP) is 2.87. The molecule has 1 aliphatic heterocycles. The second-order valence-corrected chi connectivity index (χ2v) is 6.07. The van der Waals surface area contributed by atoms with Crippen molar-refractivity contribution in [2.75, 3.05) is 32.6 Å². The van der Waals surface area contributed by atoms with Crippen LogP contribution in [0, 0.1) is 0 Å². The third kappa shape index (κ3) is 4.13. The maximum absolute atomic E-state index is 5.48. The Balaban J connectivity index is 2.01. The molecule has 1 aromatic carbocycles. The van der Waals surface area contributed by atoms with Gasteiger partial charge >= 0.3 is 0 Å². The van der Waals surface area contributed by atoms with Gasteiger partial charge in [-0.3, -0.25) is 0 Å². The summed E-state index contributed by atoms with van der Waals surface area (Å²) in [5, 5.41) is 4.29. The van der Waals surface area contributed by atoms with Gasteiger partial charge < -0.3 is 14.8 Å². The highest BCUT2D eigenvalue weighted by molar-refractivity contribution is 8.00. The largest absolute Gasteiger partial charge is 0.496 e. The fraction of sp³-hybridized carbons (Fsp3) is 0.600. The summed E-state index contributed by atoms with van der Waals surface area (Å²) in [5.41, 5.74) is 1.26. The van der Waals surface area contributed by atoms with E-state index in [1.807, 2.05) is 23.9 Å². The van der Waals surface area contributed by atoms with Crippen LogP contribution in [0.2, 0.25) is 0 Å². The van der Waals surface area contributed by atoms with Crippen molar-refractivity contribution in [1.29, 1.82) is 0 Å². The molecule has 106 valence electrons. The molecule has 4 heteroatoms. The molecule has 0 spiro atoms. The maximum Gasteiger partial charge on any atom is 0.123 e. The molecule has 1 fully saturated rings. The lowest BCUT2D eigenvalue weighted by molar-refractivity contribution is 0.0455. The minimum atomic E-state index is 0.349. The molecule has 0 aromatic heterocycles. The van der Waals surface area contributed by atoms with Crippen LogP contribution in [0.1, 0.15) is 24.9 Å². The summed E-state index contributed by atoms with van der Waals surface area (Å²) >= 11 is 1.99. The Kier molecular flexibility index (Phi) is 6.01. The summed E-state index contributed by atoms with van der Waals surface area (Å²) in [6, 6.07) is 8.64. The Morgan fingerprint density at radius 2 is 2.21 bits per heavy atom. The lowest BCUT2D eigenvalue weighted by Crippen LogP contribution is -2.33. The van der Waals surface area contributed by atoms with E-state index in [9.17, 15) is 0 Å². The average molecular weight is 281 g/mol. The zero-order chi connectivity index (χ0) is 13.5. The molecule has 0 amide bonds. The lowest BCUT2D eigenvalue weighted by Gasteiger charge is -2.28. The highest BCUT2D eigenvalue weighted by Crippen LogP contribution is 2.30. The summed E-state index contributed by atoms with van der Waals surface area (Å²) in [6.45, 7) is 5.03. The molecule has 0 aliphatic carbocycles. The minimum Gasteiger partial charge on any atom is -0.496 e. The van der Waals surface area contributed by atoms with Gasteiger partial charge in [-0.15, -0.1) is 0 Å². The molecule has 1 N–H and O–H groups in total. The zero-order valence-corrected chi connectivity index (χ0v) is 12.5. The van der Waals surface area contributed by atoms with Gasteiger partial charge in [0.2, 0.25) is 0 Å². The average Bonchev–Trinajstić information content (AvgIpc) is 2.40. The molecule has 0 saturated carbocycles. The summed E-state index contributed by atoms with van der Waals surface area (Å²) in [4.78, 5) is 0. The van der Waals surface area contributed by atoms with Crippen molar-refractivity contribution in [2.24, 2.45) is 0 Å². The van der Waals surface area contributed by atoms with E-state index in [4.69, 9.17) is 9.47 Å². The van der Waals surface area contributed by atoms with E-state index in [0.29, 0.717) is 11.3 Å². The van der Waals surface area contributed by atoms with E-state index in [2.05, 4.69) is 24.4 Å². The number of methoxy groups -OCH3 is 1. The molecule has 1 unspecified atom stereocenters. The fourth-order valence-electron chi connectivity index (χ4n) is 2.07. The summed E-state index contributed by atoms with van der Waals surface area (Å²) in [7, 11) is 1.74. The van der Waals surface area contributed by atoms with Crippen LogP contribution in [0.5, 0.6) is 5.75 Å². The molecule has 1 heterocycles. The summed E-state index contributed by atoms with van der Waals surface area (Å²) < 4.78 is 10.7. The van der Waals surface area contributed by atoms with Gasteiger partial charge in [0.15, 0.2) is 0 Å². The smallest absolute Gasteiger partial charge is 0.123 e. The number of rotatable bonds is 8. The topological polar surface area (TPSA) is 30.5 Å². The van der Waals surface area contributed by atoms with Crippen molar-refractivity contribution in [3.05, 3.63) is 29.8 Å². The van der Waals surface area contributed by atoms with Crippen LogP contribution >= 0.6 is 11.8 Å². The van der Waals surface area contributed by atoms with E-state index in [1.54, 1.807) is 7.11 Å².